The van der Waals surface area contributed by atoms with E-state index in [0.29, 0.717) is 29.4 Å². The molecule has 1 fully saturated rings. The van der Waals surface area contributed by atoms with Crippen molar-refractivity contribution in [2.24, 2.45) is 0 Å². The molecule has 2 amide bonds. The van der Waals surface area contributed by atoms with Crippen LogP contribution in [-0.4, -0.2) is 28.8 Å². The molecule has 0 spiro atoms. The lowest BCUT2D eigenvalue weighted by Gasteiger charge is -2.33. The van der Waals surface area contributed by atoms with Gasteiger partial charge in [-0.3, -0.25) is 9.59 Å². The van der Waals surface area contributed by atoms with E-state index in [2.05, 4.69) is 5.32 Å². The molecule has 0 heterocycles. The third kappa shape index (κ3) is 6.72. The predicted molar refractivity (Wildman–Crippen MR) is 126 cm³/mol. The highest BCUT2D eigenvalue weighted by Crippen LogP contribution is 2.25. The maximum Gasteiger partial charge on any atom is 0.243 e. The molecule has 4 nitrogen and oxygen atoms in total. The quantitative estimate of drug-likeness (QED) is 0.541. The molecule has 2 aromatic carbocycles. The van der Waals surface area contributed by atoms with E-state index in [1.807, 2.05) is 43.3 Å². The minimum absolute atomic E-state index is 0.0641. The third-order valence-corrected chi connectivity index (χ3v) is 6.60. The molecule has 0 radical (unpaired) electrons. The van der Waals surface area contributed by atoms with E-state index in [0.717, 1.165) is 36.8 Å². The molecule has 1 saturated carbocycles. The number of rotatable bonds is 8. The van der Waals surface area contributed by atoms with Gasteiger partial charge in [0.1, 0.15) is 6.04 Å². The largest absolute Gasteiger partial charge is 0.352 e. The molecule has 0 bridgehead atoms. The highest BCUT2D eigenvalue weighted by molar-refractivity contribution is 6.42. The third-order valence-electron chi connectivity index (χ3n) is 5.86. The zero-order chi connectivity index (χ0) is 22.2. The lowest BCUT2D eigenvalue weighted by atomic mass is 9.94. The van der Waals surface area contributed by atoms with Gasteiger partial charge >= 0.3 is 0 Å². The van der Waals surface area contributed by atoms with Crippen molar-refractivity contribution in [1.29, 1.82) is 0 Å². The predicted octanol–water partition coefficient (Wildman–Crippen LogP) is 5.79. The molecule has 0 saturated heterocycles. The van der Waals surface area contributed by atoms with Crippen LogP contribution in [0.3, 0.4) is 0 Å². The number of nitrogens with zero attached hydrogens (tertiary/aromatic N) is 1. The summed E-state index contributed by atoms with van der Waals surface area (Å²) in [5.74, 6) is -0.150. The molecule has 0 aromatic heterocycles. The first-order chi connectivity index (χ1) is 15.0. The van der Waals surface area contributed by atoms with Crippen molar-refractivity contribution in [3.05, 3.63) is 69.7 Å². The first kappa shape index (κ1) is 23.6. The maximum absolute atomic E-state index is 13.4. The molecule has 1 atom stereocenters. The van der Waals surface area contributed by atoms with E-state index < -0.39 is 6.04 Å². The molecule has 1 aliphatic rings. The zero-order valence-corrected chi connectivity index (χ0v) is 19.5. The Morgan fingerprint density at radius 3 is 2.35 bits per heavy atom. The molecule has 31 heavy (non-hydrogen) atoms. The van der Waals surface area contributed by atoms with Crippen LogP contribution < -0.4 is 5.32 Å². The van der Waals surface area contributed by atoms with Gasteiger partial charge < -0.3 is 10.2 Å². The second-order valence-electron chi connectivity index (χ2n) is 8.17. The molecular weight excluding hydrogens is 431 g/mol. The summed E-state index contributed by atoms with van der Waals surface area (Å²) in [5, 5.41) is 4.13. The number of nitrogens with one attached hydrogen (secondary N) is 1. The van der Waals surface area contributed by atoms with E-state index in [4.69, 9.17) is 23.2 Å². The van der Waals surface area contributed by atoms with E-state index in [1.54, 1.807) is 17.0 Å². The number of carbonyl (C=O) groups excluding carboxylic acids is 2. The van der Waals surface area contributed by atoms with Crippen molar-refractivity contribution in [1.82, 2.24) is 10.2 Å². The Labute approximate surface area is 194 Å². The topological polar surface area (TPSA) is 49.4 Å². The Morgan fingerprint density at radius 1 is 1.00 bits per heavy atom. The fourth-order valence-electron chi connectivity index (χ4n) is 4.14. The minimum Gasteiger partial charge on any atom is -0.352 e. The van der Waals surface area contributed by atoms with Crippen LogP contribution in [0.25, 0.3) is 0 Å². The summed E-state index contributed by atoms with van der Waals surface area (Å²) >= 11 is 12.3. The van der Waals surface area contributed by atoms with Crippen molar-refractivity contribution in [3.63, 3.8) is 0 Å². The van der Waals surface area contributed by atoms with Crippen molar-refractivity contribution < 1.29 is 9.59 Å². The van der Waals surface area contributed by atoms with Gasteiger partial charge in [0, 0.05) is 25.4 Å². The molecule has 3 rings (SSSR count). The second kappa shape index (κ2) is 11.5. The summed E-state index contributed by atoms with van der Waals surface area (Å²) in [6.07, 6.45) is 6.27. The van der Waals surface area contributed by atoms with Gasteiger partial charge in [-0.15, -0.1) is 0 Å². The standard InChI is InChI=1S/C25H30Cl2N2O2/c1-2-24(30)29(17-19-13-14-21(26)22(27)15-19)23(16-18-9-5-3-6-10-18)25(31)28-20-11-7-4-8-12-20/h3,5-6,9-10,13-15,20,23H,2,4,7-8,11-12,16-17H2,1H3,(H,28,31)/t23-/m0/s1. The number of halogens is 2. The minimum atomic E-state index is -0.591. The molecule has 0 unspecified atom stereocenters. The Bertz CT molecular complexity index is 882. The van der Waals surface area contributed by atoms with E-state index in [9.17, 15) is 9.59 Å². The molecule has 166 valence electrons. The molecule has 6 heteroatoms. The van der Waals surface area contributed by atoms with Gasteiger partial charge in [0.2, 0.25) is 11.8 Å². The highest BCUT2D eigenvalue weighted by Gasteiger charge is 2.31. The van der Waals surface area contributed by atoms with Crippen LogP contribution in [0.15, 0.2) is 48.5 Å². The molecule has 2 aromatic rings. The Balaban J connectivity index is 1.88. The van der Waals surface area contributed by atoms with Gasteiger partial charge in [-0.1, -0.05) is 85.8 Å². The van der Waals surface area contributed by atoms with Crippen molar-refractivity contribution in [2.75, 3.05) is 0 Å². The van der Waals surface area contributed by atoms with Gasteiger partial charge in [-0.2, -0.15) is 0 Å². The molecule has 1 N–H and O–H groups in total. The Hall–Kier alpha value is -2.04. The van der Waals surface area contributed by atoms with Crippen molar-refractivity contribution in [3.8, 4) is 0 Å². The summed E-state index contributed by atoms with van der Waals surface area (Å²) in [6, 6.07) is 14.8. The number of benzene rings is 2. The lowest BCUT2D eigenvalue weighted by molar-refractivity contribution is -0.141. The normalized spacial score (nSPS) is 15.3. The van der Waals surface area contributed by atoms with E-state index in [1.165, 1.54) is 6.42 Å². The van der Waals surface area contributed by atoms with Gasteiger partial charge in [-0.05, 0) is 36.1 Å². The highest BCUT2D eigenvalue weighted by atomic mass is 35.5. The number of amides is 2. The molecular formula is C25H30Cl2N2O2. The van der Waals surface area contributed by atoms with Crippen LogP contribution in [0.4, 0.5) is 0 Å². The summed E-state index contributed by atoms with van der Waals surface area (Å²) in [7, 11) is 0. The first-order valence-electron chi connectivity index (χ1n) is 11.1. The average Bonchev–Trinajstić information content (AvgIpc) is 2.79. The van der Waals surface area contributed by atoms with Crippen LogP contribution >= 0.6 is 23.2 Å². The van der Waals surface area contributed by atoms with E-state index in [-0.39, 0.29) is 17.9 Å². The van der Waals surface area contributed by atoms with Gasteiger partial charge in [0.15, 0.2) is 0 Å². The van der Waals surface area contributed by atoms with Crippen molar-refractivity contribution >= 4 is 35.0 Å². The van der Waals surface area contributed by atoms with Crippen LogP contribution in [0, 0.1) is 0 Å². The van der Waals surface area contributed by atoms with Crippen LogP contribution in [0.1, 0.15) is 56.6 Å². The van der Waals surface area contributed by atoms with Crippen LogP contribution in [-0.2, 0) is 22.6 Å². The molecule has 1 aliphatic carbocycles. The number of hydrogen-bond acceptors (Lipinski definition) is 2. The van der Waals surface area contributed by atoms with Gasteiger partial charge in [-0.25, -0.2) is 0 Å². The lowest BCUT2D eigenvalue weighted by Crippen LogP contribution is -2.52. The monoisotopic (exact) mass is 460 g/mol. The summed E-state index contributed by atoms with van der Waals surface area (Å²) in [5.41, 5.74) is 1.87. The molecule has 0 aliphatic heterocycles. The zero-order valence-electron chi connectivity index (χ0n) is 17.9. The fourth-order valence-corrected chi connectivity index (χ4v) is 4.46. The number of hydrogen-bond donors (Lipinski definition) is 1. The first-order valence-corrected chi connectivity index (χ1v) is 11.8. The van der Waals surface area contributed by atoms with Crippen LogP contribution in [0.5, 0.6) is 0 Å². The van der Waals surface area contributed by atoms with Gasteiger partial charge in [0.25, 0.3) is 0 Å². The Kier molecular flexibility index (Phi) is 8.79. The SMILES string of the molecule is CCC(=O)N(Cc1ccc(Cl)c(Cl)c1)[C@@H](Cc1ccccc1)C(=O)NC1CCCCC1. The van der Waals surface area contributed by atoms with E-state index >= 15 is 0 Å². The summed E-state index contributed by atoms with van der Waals surface area (Å²) < 4.78 is 0. The summed E-state index contributed by atoms with van der Waals surface area (Å²) in [4.78, 5) is 28.1. The maximum atomic E-state index is 13.4. The second-order valence-corrected chi connectivity index (χ2v) is 8.99. The number of carbonyl (C=O) groups is 2. The smallest absolute Gasteiger partial charge is 0.243 e. The van der Waals surface area contributed by atoms with Crippen molar-refractivity contribution in [2.45, 2.75) is 70.5 Å². The fraction of sp³-hybridized carbons (Fsp3) is 0.440. The Morgan fingerprint density at radius 2 is 1.71 bits per heavy atom. The summed E-state index contributed by atoms with van der Waals surface area (Å²) in [6.45, 7) is 2.13. The average molecular weight is 461 g/mol. The van der Waals surface area contributed by atoms with Crippen LogP contribution in [0.2, 0.25) is 10.0 Å². The van der Waals surface area contributed by atoms with Gasteiger partial charge in [0.05, 0.1) is 10.0 Å².